The zero-order valence-electron chi connectivity index (χ0n) is 12.8. The Bertz CT molecular complexity index is 476. The highest BCUT2D eigenvalue weighted by Crippen LogP contribution is 2.25. The standard InChI is InChI=1S/C16H23FN2O2/c1-11(2)10-21-9-8-19-15(18-12(3)16(19)20)13-4-6-14(17)7-5-13/h4-7,11-12,15,18H,8-10H2,1-3H3. The number of ether oxygens (including phenoxy) is 1. The average Bonchev–Trinajstić information content (AvgIpc) is 2.72. The summed E-state index contributed by atoms with van der Waals surface area (Å²) in [7, 11) is 0. The zero-order chi connectivity index (χ0) is 15.4. The van der Waals surface area contributed by atoms with Gasteiger partial charge in [-0.2, -0.15) is 0 Å². The van der Waals surface area contributed by atoms with Crippen molar-refractivity contribution in [2.45, 2.75) is 33.0 Å². The van der Waals surface area contributed by atoms with Gasteiger partial charge in [-0.05, 0) is 30.5 Å². The van der Waals surface area contributed by atoms with E-state index in [0.29, 0.717) is 25.7 Å². The minimum Gasteiger partial charge on any atom is -0.379 e. The van der Waals surface area contributed by atoms with Crippen molar-refractivity contribution in [3.63, 3.8) is 0 Å². The molecule has 1 aliphatic heterocycles. The molecule has 2 atom stereocenters. The summed E-state index contributed by atoms with van der Waals surface area (Å²) in [6.07, 6.45) is -0.212. The molecule has 1 amide bonds. The van der Waals surface area contributed by atoms with Crippen molar-refractivity contribution in [2.24, 2.45) is 5.92 Å². The number of rotatable bonds is 6. The summed E-state index contributed by atoms with van der Waals surface area (Å²) in [4.78, 5) is 14.0. The SMILES string of the molecule is CC(C)COCCN1C(=O)C(C)NC1c1ccc(F)cc1. The zero-order valence-corrected chi connectivity index (χ0v) is 12.8. The Morgan fingerprint density at radius 2 is 2.00 bits per heavy atom. The van der Waals surface area contributed by atoms with E-state index in [0.717, 1.165) is 5.56 Å². The van der Waals surface area contributed by atoms with Gasteiger partial charge in [0.15, 0.2) is 0 Å². The lowest BCUT2D eigenvalue weighted by Crippen LogP contribution is -2.33. The molecule has 1 aromatic carbocycles. The topological polar surface area (TPSA) is 41.6 Å². The predicted molar refractivity (Wildman–Crippen MR) is 79.1 cm³/mol. The fraction of sp³-hybridized carbons (Fsp3) is 0.562. The Hall–Kier alpha value is -1.46. The van der Waals surface area contributed by atoms with Crippen LogP contribution in [-0.4, -0.2) is 36.6 Å². The molecule has 0 bridgehead atoms. The van der Waals surface area contributed by atoms with Gasteiger partial charge in [0.25, 0.3) is 0 Å². The van der Waals surface area contributed by atoms with E-state index in [2.05, 4.69) is 19.2 Å². The molecular formula is C16H23FN2O2. The molecule has 2 unspecified atom stereocenters. The van der Waals surface area contributed by atoms with Crippen molar-refractivity contribution >= 4 is 5.91 Å². The molecule has 1 N–H and O–H groups in total. The summed E-state index contributed by atoms with van der Waals surface area (Å²) in [6.45, 7) is 7.75. The Morgan fingerprint density at radius 1 is 1.33 bits per heavy atom. The highest BCUT2D eigenvalue weighted by atomic mass is 19.1. The van der Waals surface area contributed by atoms with Gasteiger partial charge in [0.05, 0.1) is 12.6 Å². The number of carbonyl (C=O) groups excluding carboxylic acids is 1. The minimum atomic E-state index is -0.275. The second-order valence-corrected chi connectivity index (χ2v) is 5.84. The van der Waals surface area contributed by atoms with Gasteiger partial charge in [0.2, 0.25) is 5.91 Å². The predicted octanol–water partition coefficient (Wildman–Crippen LogP) is 2.32. The van der Waals surface area contributed by atoms with Crippen LogP contribution in [0, 0.1) is 11.7 Å². The van der Waals surface area contributed by atoms with E-state index in [1.54, 1.807) is 17.0 Å². The molecule has 0 spiro atoms. The van der Waals surface area contributed by atoms with E-state index in [1.807, 2.05) is 6.92 Å². The number of nitrogens with one attached hydrogen (secondary N) is 1. The van der Waals surface area contributed by atoms with Crippen LogP contribution >= 0.6 is 0 Å². The molecule has 1 fully saturated rings. The van der Waals surface area contributed by atoms with Gasteiger partial charge in [0.1, 0.15) is 12.0 Å². The van der Waals surface area contributed by atoms with E-state index in [1.165, 1.54) is 12.1 Å². The van der Waals surface area contributed by atoms with E-state index < -0.39 is 0 Å². The van der Waals surface area contributed by atoms with Gasteiger partial charge in [-0.1, -0.05) is 26.0 Å². The van der Waals surface area contributed by atoms with E-state index >= 15 is 0 Å². The first-order valence-electron chi connectivity index (χ1n) is 7.38. The van der Waals surface area contributed by atoms with E-state index in [-0.39, 0.29) is 23.9 Å². The molecular weight excluding hydrogens is 271 g/mol. The number of benzene rings is 1. The van der Waals surface area contributed by atoms with Crippen LogP contribution in [0.3, 0.4) is 0 Å². The van der Waals surface area contributed by atoms with Crippen LogP contribution < -0.4 is 5.32 Å². The van der Waals surface area contributed by atoms with Crippen LogP contribution in [0.4, 0.5) is 4.39 Å². The third-order valence-electron chi connectivity index (χ3n) is 3.49. The third kappa shape index (κ3) is 4.02. The van der Waals surface area contributed by atoms with Gasteiger partial charge in [0, 0.05) is 13.2 Å². The molecule has 21 heavy (non-hydrogen) atoms. The highest BCUT2D eigenvalue weighted by Gasteiger charge is 2.36. The first-order valence-corrected chi connectivity index (χ1v) is 7.38. The number of halogens is 1. The quantitative estimate of drug-likeness (QED) is 0.819. The summed E-state index contributed by atoms with van der Waals surface area (Å²) < 4.78 is 18.6. The maximum atomic E-state index is 13.0. The molecule has 1 aromatic rings. The molecule has 0 saturated carbocycles. The van der Waals surface area contributed by atoms with Gasteiger partial charge in [-0.15, -0.1) is 0 Å². The number of hydrogen-bond donors (Lipinski definition) is 1. The van der Waals surface area contributed by atoms with Crippen LogP contribution in [0.1, 0.15) is 32.5 Å². The van der Waals surface area contributed by atoms with E-state index in [4.69, 9.17) is 4.74 Å². The fourth-order valence-electron chi connectivity index (χ4n) is 2.42. The average molecular weight is 294 g/mol. The van der Waals surface area contributed by atoms with Crippen LogP contribution in [-0.2, 0) is 9.53 Å². The van der Waals surface area contributed by atoms with Gasteiger partial charge in [-0.3, -0.25) is 10.1 Å². The third-order valence-corrected chi connectivity index (χ3v) is 3.49. The Balaban J connectivity index is 2.01. The van der Waals surface area contributed by atoms with Crippen molar-refractivity contribution in [3.8, 4) is 0 Å². The number of hydrogen-bond acceptors (Lipinski definition) is 3. The largest absolute Gasteiger partial charge is 0.379 e. The van der Waals surface area contributed by atoms with E-state index in [9.17, 15) is 9.18 Å². The lowest BCUT2D eigenvalue weighted by atomic mass is 10.1. The second-order valence-electron chi connectivity index (χ2n) is 5.84. The Labute approximate surface area is 125 Å². The molecule has 116 valence electrons. The lowest BCUT2D eigenvalue weighted by molar-refractivity contribution is -0.130. The minimum absolute atomic E-state index is 0.0532. The first-order chi connectivity index (χ1) is 9.99. The summed E-state index contributed by atoms with van der Waals surface area (Å²) in [5.41, 5.74) is 0.887. The summed E-state index contributed by atoms with van der Waals surface area (Å²) in [6, 6.07) is 6.02. The number of nitrogens with zero attached hydrogens (tertiary/aromatic N) is 1. The lowest BCUT2D eigenvalue weighted by Gasteiger charge is -2.24. The number of amides is 1. The Morgan fingerprint density at radius 3 is 2.62 bits per heavy atom. The molecule has 1 heterocycles. The fourth-order valence-corrected chi connectivity index (χ4v) is 2.42. The molecule has 1 aliphatic rings. The first kappa shape index (κ1) is 15.9. The maximum Gasteiger partial charge on any atom is 0.241 e. The number of carbonyl (C=O) groups is 1. The summed E-state index contributed by atoms with van der Waals surface area (Å²) in [5.74, 6) is 0.254. The molecule has 1 saturated heterocycles. The monoisotopic (exact) mass is 294 g/mol. The second kappa shape index (κ2) is 7.00. The normalized spacial score (nSPS) is 22.3. The van der Waals surface area contributed by atoms with Crippen LogP contribution in [0.15, 0.2) is 24.3 Å². The van der Waals surface area contributed by atoms with Crippen LogP contribution in [0.2, 0.25) is 0 Å². The molecule has 2 rings (SSSR count). The van der Waals surface area contributed by atoms with Crippen molar-refractivity contribution < 1.29 is 13.9 Å². The maximum absolute atomic E-state index is 13.0. The molecule has 5 heteroatoms. The molecule has 0 aliphatic carbocycles. The van der Waals surface area contributed by atoms with Gasteiger partial charge in [-0.25, -0.2) is 4.39 Å². The van der Waals surface area contributed by atoms with Gasteiger partial charge >= 0.3 is 0 Å². The van der Waals surface area contributed by atoms with Crippen LogP contribution in [0.25, 0.3) is 0 Å². The van der Waals surface area contributed by atoms with Crippen LogP contribution in [0.5, 0.6) is 0 Å². The summed E-state index contributed by atoms with van der Waals surface area (Å²) >= 11 is 0. The molecule has 4 nitrogen and oxygen atoms in total. The highest BCUT2D eigenvalue weighted by molar-refractivity contribution is 5.84. The Kier molecular flexibility index (Phi) is 5.31. The van der Waals surface area contributed by atoms with Crippen molar-refractivity contribution in [2.75, 3.05) is 19.8 Å². The van der Waals surface area contributed by atoms with Crippen molar-refractivity contribution in [3.05, 3.63) is 35.6 Å². The summed E-state index contributed by atoms with van der Waals surface area (Å²) in [5, 5.41) is 3.24. The van der Waals surface area contributed by atoms with Gasteiger partial charge < -0.3 is 9.64 Å². The smallest absolute Gasteiger partial charge is 0.241 e. The van der Waals surface area contributed by atoms with Crippen molar-refractivity contribution in [1.82, 2.24) is 10.2 Å². The molecule has 0 aromatic heterocycles. The molecule has 0 radical (unpaired) electrons. The van der Waals surface area contributed by atoms with Crippen molar-refractivity contribution in [1.29, 1.82) is 0 Å².